The normalized spacial score (nSPS) is 20.8. The number of anilines is 1. The lowest BCUT2D eigenvalue weighted by Gasteiger charge is -2.27. The predicted octanol–water partition coefficient (Wildman–Crippen LogP) is 1.71. The van der Waals surface area contributed by atoms with Crippen molar-refractivity contribution in [2.45, 2.75) is 25.5 Å². The molecule has 94 valence electrons. The van der Waals surface area contributed by atoms with Crippen molar-refractivity contribution in [3.8, 4) is 0 Å². The van der Waals surface area contributed by atoms with Gasteiger partial charge >= 0.3 is 0 Å². The summed E-state index contributed by atoms with van der Waals surface area (Å²) in [6.07, 6.45) is 2.62. The van der Waals surface area contributed by atoms with Crippen LogP contribution in [0.3, 0.4) is 0 Å². The molecule has 0 aliphatic carbocycles. The van der Waals surface area contributed by atoms with Gasteiger partial charge in [0, 0.05) is 25.3 Å². The molecule has 0 spiro atoms. The zero-order valence-electron chi connectivity index (χ0n) is 10.8. The molecule has 2 rings (SSSR count). The van der Waals surface area contributed by atoms with Gasteiger partial charge in [-0.05, 0) is 44.1 Å². The van der Waals surface area contributed by atoms with E-state index in [4.69, 9.17) is 5.11 Å². The van der Waals surface area contributed by atoms with Crippen LogP contribution in [0.4, 0.5) is 5.69 Å². The molecule has 0 bridgehead atoms. The molecule has 1 saturated heterocycles. The zero-order valence-corrected chi connectivity index (χ0v) is 10.8. The number of hydrogen-bond acceptors (Lipinski definition) is 3. The van der Waals surface area contributed by atoms with Gasteiger partial charge in [-0.1, -0.05) is 12.1 Å². The highest BCUT2D eigenvalue weighted by atomic mass is 16.3. The quantitative estimate of drug-likeness (QED) is 0.859. The molecule has 3 heteroatoms. The molecule has 0 aromatic heterocycles. The number of likely N-dealkylation sites (N-methyl/N-ethyl adjacent to an activating group) is 2. The third-order valence-corrected chi connectivity index (χ3v) is 3.72. The van der Waals surface area contributed by atoms with Crippen molar-refractivity contribution in [2.75, 3.05) is 32.1 Å². The zero-order chi connectivity index (χ0) is 12.3. The minimum atomic E-state index is 0.120. The number of benzene rings is 1. The van der Waals surface area contributed by atoms with Gasteiger partial charge in [-0.3, -0.25) is 0 Å². The lowest BCUT2D eigenvalue weighted by atomic mass is 10.1. The van der Waals surface area contributed by atoms with Crippen LogP contribution < -0.4 is 4.90 Å². The lowest BCUT2D eigenvalue weighted by molar-refractivity contribution is 0.282. The van der Waals surface area contributed by atoms with Crippen LogP contribution in [0.25, 0.3) is 0 Å². The summed E-state index contributed by atoms with van der Waals surface area (Å²) >= 11 is 0. The van der Waals surface area contributed by atoms with Crippen LogP contribution >= 0.6 is 0 Å². The van der Waals surface area contributed by atoms with Crippen molar-refractivity contribution >= 4 is 5.69 Å². The van der Waals surface area contributed by atoms with Crippen LogP contribution in [-0.4, -0.2) is 43.2 Å². The van der Waals surface area contributed by atoms with Gasteiger partial charge in [0.1, 0.15) is 0 Å². The second-order valence-electron chi connectivity index (χ2n) is 4.98. The highest BCUT2D eigenvalue weighted by Crippen LogP contribution is 2.19. The number of aliphatic hydroxyl groups is 1. The number of hydrogen-bond donors (Lipinski definition) is 1. The van der Waals surface area contributed by atoms with E-state index in [-0.39, 0.29) is 6.61 Å². The molecule has 1 unspecified atom stereocenters. The minimum Gasteiger partial charge on any atom is -0.392 e. The van der Waals surface area contributed by atoms with Gasteiger partial charge in [-0.2, -0.15) is 0 Å². The van der Waals surface area contributed by atoms with Crippen LogP contribution in [-0.2, 0) is 6.61 Å². The molecular formula is C14H22N2O. The number of nitrogens with zero attached hydrogens (tertiary/aromatic N) is 2. The summed E-state index contributed by atoms with van der Waals surface area (Å²) in [5.41, 5.74) is 2.20. The van der Waals surface area contributed by atoms with E-state index in [2.05, 4.69) is 36.0 Å². The molecule has 0 radical (unpaired) electrons. The van der Waals surface area contributed by atoms with Crippen molar-refractivity contribution in [3.63, 3.8) is 0 Å². The first-order valence-corrected chi connectivity index (χ1v) is 6.32. The van der Waals surface area contributed by atoms with E-state index < -0.39 is 0 Å². The highest BCUT2D eigenvalue weighted by molar-refractivity contribution is 5.47. The first kappa shape index (κ1) is 12.4. The lowest BCUT2D eigenvalue weighted by Crippen LogP contribution is -2.36. The second kappa shape index (κ2) is 5.52. The number of rotatable bonds is 4. The van der Waals surface area contributed by atoms with Crippen molar-refractivity contribution in [1.82, 2.24) is 4.90 Å². The van der Waals surface area contributed by atoms with E-state index in [1.165, 1.54) is 25.1 Å². The van der Waals surface area contributed by atoms with Crippen molar-refractivity contribution in [1.29, 1.82) is 0 Å². The first-order chi connectivity index (χ1) is 8.20. The molecule has 1 N–H and O–H groups in total. The SMILES string of the molecule is CN(CC1CCCN1C)c1ccc(CO)cc1. The maximum absolute atomic E-state index is 9.01. The first-order valence-electron chi connectivity index (χ1n) is 6.32. The Balaban J connectivity index is 1.96. The van der Waals surface area contributed by atoms with Gasteiger partial charge in [0.25, 0.3) is 0 Å². The van der Waals surface area contributed by atoms with Crippen molar-refractivity contribution < 1.29 is 5.11 Å². The molecule has 1 aliphatic rings. The maximum Gasteiger partial charge on any atom is 0.0681 e. The van der Waals surface area contributed by atoms with Crippen LogP contribution in [0.2, 0.25) is 0 Å². The van der Waals surface area contributed by atoms with Gasteiger partial charge in [0.15, 0.2) is 0 Å². The fourth-order valence-corrected chi connectivity index (χ4v) is 2.49. The molecule has 1 aliphatic heterocycles. The Kier molecular flexibility index (Phi) is 4.02. The molecule has 1 atom stereocenters. The van der Waals surface area contributed by atoms with E-state index in [9.17, 15) is 0 Å². The van der Waals surface area contributed by atoms with Crippen LogP contribution in [0.1, 0.15) is 18.4 Å². The molecule has 1 aromatic rings. The van der Waals surface area contributed by atoms with Gasteiger partial charge in [-0.15, -0.1) is 0 Å². The summed E-state index contributed by atoms with van der Waals surface area (Å²) in [6, 6.07) is 8.83. The molecule has 1 heterocycles. The van der Waals surface area contributed by atoms with Gasteiger partial charge in [-0.25, -0.2) is 0 Å². The van der Waals surface area contributed by atoms with E-state index in [0.717, 1.165) is 12.1 Å². The van der Waals surface area contributed by atoms with Crippen LogP contribution in [0.15, 0.2) is 24.3 Å². The summed E-state index contributed by atoms with van der Waals surface area (Å²) in [6.45, 7) is 2.42. The fraction of sp³-hybridized carbons (Fsp3) is 0.571. The summed E-state index contributed by atoms with van der Waals surface area (Å²) in [7, 11) is 4.35. The Morgan fingerprint density at radius 2 is 2.06 bits per heavy atom. The standard InChI is InChI=1S/C14H22N2O/c1-15-9-3-4-14(15)10-16(2)13-7-5-12(11-17)6-8-13/h5-8,14,17H,3-4,9-11H2,1-2H3. The van der Waals surface area contributed by atoms with Crippen molar-refractivity contribution in [2.24, 2.45) is 0 Å². The summed E-state index contributed by atoms with van der Waals surface area (Å²) in [4.78, 5) is 4.74. The Labute approximate surface area is 104 Å². The topological polar surface area (TPSA) is 26.7 Å². The largest absolute Gasteiger partial charge is 0.392 e. The van der Waals surface area contributed by atoms with Crippen molar-refractivity contribution in [3.05, 3.63) is 29.8 Å². The predicted molar refractivity (Wildman–Crippen MR) is 71.3 cm³/mol. The average Bonchev–Trinajstić information content (AvgIpc) is 2.75. The fourth-order valence-electron chi connectivity index (χ4n) is 2.49. The third-order valence-electron chi connectivity index (χ3n) is 3.72. The van der Waals surface area contributed by atoms with E-state index in [0.29, 0.717) is 6.04 Å². The summed E-state index contributed by atoms with van der Waals surface area (Å²) in [5, 5.41) is 9.01. The van der Waals surface area contributed by atoms with E-state index >= 15 is 0 Å². The minimum absolute atomic E-state index is 0.120. The van der Waals surface area contributed by atoms with E-state index in [1.807, 2.05) is 12.1 Å². The van der Waals surface area contributed by atoms with Crippen LogP contribution in [0.5, 0.6) is 0 Å². The molecular weight excluding hydrogens is 212 g/mol. The highest BCUT2D eigenvalue weighted by Gasteiger charge is 2.22. The second-order valence-corrected chi connectivity index (χ2v) is 4.98. The Bertz CT molecular complexity index is 350. The van der Waals surface area contributed by atoms with Gasteiger partial charge in [0.2, 0.25) is 0 Å². The molecule has 0 saturated carbocycles. The van der Waals surface area contributed by atoms with Gasteiger partial charge in [0.05, 0.1) is 6.61 Å². The molecule has 17 heavy (non-hydrogen) atoms. The number of aliphatic hydroxyl groups excluding tert-OH is 1. The molecule has 1 fully saturated rings. The summed E-state index contributed by atoms with van der Waals surface area (Å²) in [5.74, 6) is 0. The summed E-state index contributed by atoms with van der Waals surface area (Å²) < 4.78 is 0. The number of likely N-dealkylation sites (tertiary alicyclic amines) is 1. The third kappa shape index (κ3) is 2.99. The Morgan fingerprint density at radius 3 is 2.59 bits per heavy atom. The molecule has 1 aromatic carbocycles. The Hall–Kier alpha value is -1.06. The molecule has 3 nitrogen and oxygen atoms in total. The smallest absolute Gasteiger partial charge is 0.0681 e. The molecule has 0 amide bonds. The Morgan fingerprint density at radius 1 is 1.35 bits per heavy atom. The monoisotopic (exact) mass is 234 g/mol. The maximum atomic E-state index is 9.01. The van der Waals surface area contributed by atoms with Gasteiger partial charge < -0.3 is 14.9 Å². The van der Waals surface area contributed by atoms with Crippen LogP contribution in [0, 0.1) is 0 Å². The van der Waals surface area contributed by atoms with E-state index in [1.54, 1.807) is 0 Å². The average molecular weight is 234 g/mol.